The third-order valence-corrected chi connectivity index (χ3v) is 2.91. The van der Waals surface area contributed by atoms with Crippen molar-refractivity contribution in [3.8, 4) is 0 Å². The van der Waals surface area contributed by atoms with E-state index in [2.05, 4.69) is 4.98 Å². The molecule has 0 aliphatic rings. The van der Waals surface area contributed by atoms with Crippen LogP contribution in [0.5, 0.6) is 0 Å². The zero-order valence-corrected chi connectivity index (χ0v) is 12.1. The molecule has 2 nitrogen and oxygen atoms in total. The minimum absolute atomic E-state index is 0.0943. The van der Waals surface area contributed by atoms with E-state index in [0.29, 0.717) is 0 Å². The minimum atomic E-state index is -0.595. The van der Waals surface area contributed by atoms with E-state index < -0.39 is 5.41 Å². The van der Waals surface area contributed by atoms with Crippen molar-refractivity contribution in [2.24, 2.45) is 0 Å². The quantitative estimate of drug-likeness (QED) is 0.767. The molecule has 0 spiro atoms. The molecule has 19 heavy (non-hydrogen) atoms. The lowest BCUT2D eigenvalue weighted by molar-refractivity contribution is 0.0906. The van der Waals surface area contributed by atoms with Crippen LogP contribution in [0.1, 0.15) is 43.7 Å². The van der Waals surface area contributed by atoms with E-state index in [1.165, 1.54) is 0 Å². The van der Waals surface area contributed by atoms with Crippen molar-refractivity contribution in [2.45, 2.75) is 33.1 Å². The number of ketones is 1. The van der Waals surface area contributed by atoms with Gasteiger partial charge in [-0.2, -0.15) is 0 Å². The van der Waals surface area contributed by atoms with Gasteiger partial charge in [-0.05, 0) is 26.0 Å². The molecule has 2 heteroatoms. The number of pyridine rings is 1. The van der Waals surface area contributed by atoms with Crippen molar-refractivity contribution in [1.82, 2.24) is 4.98 Å². The molecule has 0 N–H and O–H groups in total. The van der Waals surface area contributed by atoms with Crippen LogP contribution in [0.2, 0.25) is 0 Å². The van der Waals surface area contributed by atoms with Crippen LogP contribution in [0.15, 0.2) is 54.7 Å². The number of carbonyl (C=O) groups is 1. The summed E-state index contributed by atoms with van der Waals surface area (Å²) in [4.78, 5) is 16.7. The van der Waals surface area contributed by atoms with E-state index in [-0.39, 0.29) is 5.78 Å². The third kappa shape index (κ3) is 3.50. The fourth-order valence-electron chi connectivity index (χ4n) is 1.80. The van der Waals surface area contributed by atoms with Gasteiger partial charge in [-0.15, -0.1) is 0 Å². The van der Waals surface area contributed by atoms with Gasteiger partial charge >= 0.3 is 0 Å². The highest BCUT2D eigenvalue weighted by atomic mass is 16.1. The van der Waals surface area contributed by atoms with Crippen LogP contribution >= 0.6 is 0 Å². The van der Waals surface area contributed by atoms with Crippen LogP contribution in [0, 0.1) is 0 Å². The van der Waals surface area contributed by atoms with E-state index in [0.717, 1.165) is 11.3 Å². The van der Waals surface area contributed by atoms with Gasteiger partial charge in [0.2, 0.25) is 0 Å². The lowest BCUT2D eigenvalue weighted by Crippen LogP contribution is -2.30. The van der Waals surface area contributed by atoms with Gasteiger partial charge in [-0.3, -0.25) is 9.78 Å². The zero-order valence-electron chi connectivity index (χ0n) is 12.1. The lowest BCUT2D eigenvalue weighted by atomic mass is 9.81. The summed E-state index contributed by atoms with van der Waals surface area (Å²) in [6, 6.07) is 15.0. The monoisotopic (exact) mass is 255 g/mol. The molecule has 0 aliphatic heterocycles. The third-order valence-electron chi connectivity index (χ3n) is 2.91. The van der Waals surface area contributed by atoms with E-state index in [1.54, 1.807) is 6.20 Å². The molecule has 0 aliphatic carbocycles. The molecule has 0 amide bonds. The average Bonchev–Trinajstić information content (AvgIpc) is 2.50. The molecule has 0 unspecified atom stereocenters. The number of rotatable bonds is 3. The predicted octanol–water partition coefficient (Wildman–Crippen LogP) is 4.27. The van der Waals surface area contributed by atoms with E-state index in [1.807, 2.05) is 76.2 Å². The first-order chi connectivity index (χ1) is 9.12. The summed E-state index contributed by atoms with van der Waals surface area (Å²) >= 11 is 0. The molecule has 0 bridgehead atoms. The molecular formula is C17H21NO. The summed E-state index contributed by atoms with van der Waals surface area (Å²) in [6.07, 6.45) is 1.72. The molecule has 100 valence electrons. The fraction of sp³-hybridized carbons (Fsp3) is 0.294. The Kier molecular flexibility index (Phi) is 5.43. The minimum Gasteiger partial charge on any atom is -0.293 e. The van der Waals surface area contributed by atoms with Crippen molar-refractivity contribution < 1.29 is 4.79 Å². The molecule has 1 aromatic heterocycles. The first kappa shape index (κ1) is 15.1. The highest BCUT2D eigenvalue weighted by molar-refractivity contribution is 6.03. The van der Waals surface area contributed by atoms with Crippen LogP contribution < -0.4 is 0 Å². The van der Waals surface area contributed by atoms with Gasteiger partial charge in [-0.25, -0.2) is 0 Å². The van der Waals surface area contributed by atoms with E-state index >= 15 is 0 Å². The summed E-state index contributed by atoms with van der Waals surface area (Å²) in [5.74, 6) is 0.0943. The zero-order chi connectivity index (χ0) is 14.3. The first-order valence-corrected chi connectivity index (χ1v) is 6.64. The van der Waals surface area contributed by atoms with E-state index in [9.17, 15) is 4.79 Å². The largest absolute Gasteiger partial charge is 0.293 e. The van der Waals surface area contributed by atoms with Crippen molar-refractivity contribution in [2.75, 3.05) is 0 Å². The van der Waals surface area contributed by atoms with Gasteiger partial charge < -0.3 is 0 Å². The number of aromatic nitrogens is 1. The summed E-state index contributed by atoms with van der Waals surface area (Å²) in [5, 5.41) is 0. The molecule has 0 fully saturated rings. The first-order valence-electron chi connectivity index (χ1n) is 6.64. The fourth-order valence-corrected chi connectivity index (χ4v) is 1.80. The Balaban J connectivity index is 0.000000861. The number of benzene rings is 1. The topological polar surface area (TPSA) is 30.0 Å². The highest BCUT2D eigenvalue weighted by Gasteiger charge is 2.31. The maximum Gasteiger partial charge on any atom is 0.174 e. The summed E-state index contributed by atoms with van der Waals surface area (Å²) in [5.41, 5.74) is 0.930. The second kappa shape index (κ2) is 6.83. The van der Waals surface area contributed by atoms with E-state index in [4.69, 9.17) is 0 Å². The second-order valence-corrected chi connectivity index (χ2v) is 4.54. The highest BCUT2D eigenvalue weighted by Crippen LogP contribution is 2.25. The van der Waals surface area contributed by atoms with Crippen LogP contribution in [0.25, 0.3) is 0 Å². The van der Waals surface area contributed by atoms with Crippen LogP contribution in [0.4, 0.5) is 0 Å². The molecular weight excluding hydrogens is 234 g/mol. The molecule has 1 aromatic carbocycles. The number of Topliss-reactive ketones (excluding diaryl/α,β-unsaturated/α-hetero) is 1. The van der Waals surface area contributed by atoms with Crippen molar-refractivity contribution in [3.05, 3.63) is 66.0 Å². The molecule has 1 heterocycles. The van der Waals surface area contributed by atoms with Crippen molar-refractivity contribution in [3.63, 3.8) is 0 Å². The molecule has 2 rings (SSSR count). The molecule has 0 atom stereocenters. The van der Waals surface area contributed by atoms with Crippen molar-refractivity contribution >= 4 is 5.78 Å². The second-order valence-electron chi connectivity index (χ2n) is 4.54. The van der Waals surface area contributed by atoms with Gasteiger partial charge in [0.15, 0.2) is 5.78 Å². The van der Waals surface area contributed by atoms with Crippen LogP contribution in [0.3, 0.4) is 0 Å². The molecule has 2 aromatic rings. The normalized spacial score (nSPS) is 10.3. The lowest BCUT2D eigenvalue weighted by Gasteiger charge is -2.22. The maximum absolute atomic E-state index is 12.4. The van der Waals surface area contributed by atoms with Gasteiger partial charge in [0.25, 0.3) is 0 Å². The van der Waals surface area contributed by atoms with Crippen LogP contribution in [-0.2, 0) is 5.41 Å². The summed E-state index contributed by atoms with van der Waals surface area (Å²) in [6.45, 7) is 7.81. The SMILES string of the molecule is CC.CC(C)(C(=O)c1ccccc1)c1ccccn1. The van der Waals surface area contributed by atoms with Crippen molar-refractivity contribution in [1.29, 1.82) is 0 Å². The van der Waals surface area contributed by atoms with Crippen LogP contribution in [-0.4, -0.2) is 10.8 Å². The molecule has 0 radical (unpaired) electrons. The number of hydrogen-bond acceptors (Lipinski definition) is 2. The summed E-state index contributed by atoms with van der Waals surface area (Å²) < 4.78 is 0. The average molecular weight is 255 g/mol. The molecule has 0 saturated heterocycles. The Bertz CT molecular complexity index is 503. The van der Waals surface area contributed by atoms with Gasteiger partial charge in [0.1, 0.15) is 0 Å². The maximum atomic E-state index is 12.4. The Hall–Kier alpha value is -1.96. The number of carbonyl (C=O) groups excluding carboxylic acids is 1. The van der Waals surface area contributed by atoms with Gasteiger partial charge in [-0.1, -0.05) is 50.2 Å². The Morgan fingerprint density at radius 1 is 0.947 bits per heavy atom. The standard InChI is InChI=1S/C15H15NO.C2H6/c1-15(2,13-10-6-7-11-16-13)14(17)12-8-4-3-5-9-12;1-2/h3-11H,1-2H3;1-2H3. The van der Waals surface area contributed by atoms with Gasteiger partial charge in [0.05, 0.1) is 11.1 Å². The predicted molar refractivity (Wildman–Crippen MR) is 79.4 cm³/mol. The smallest absolute Gasteiger partial charge is 0.174 e. The Labute approximate surface area is 115 Å². The van der Waals surface area contributed by atoms with Gasteiger partial charge in [0, 0.05) is 11.8 Å². The summed E-state index contributed by atoms with van der Waals surface area (Å²) in [7, 11) is 0. The number of hydrogen-bond donors (Lipinski definition) is 0. The number of nitrogens with zero attached hydrogens (tertiary/aromatic N) is 1. The molecule has 0 saturated carbocycles. The Morgan fingerprint density at radius 3 is 2.05 bits per heavy atom. The Morgan fingerprint density at radius 2 is 1.53 bits per heavy atom.